The van der Waals surface area contributed by atoms with Crippen LogP contribution in [0.25, 0.3) is 11.1 Å². The van der Waals surface area contributed by atoms with Crippen LogP contribution in [0.15, 0.2) is 48.7 Å². The van der Waals surface area contributed by atoms with Crippen molar-refractivity contribution in [2.24, 2.45) is 0 Å². The lowest BCUT2D eigenvalue weighted by atomic mass is 10.1. The van der Waals surface area contributed by atoms with Crippen LogP contribution in [0.1, 0.15) is 14.5 Å². The van der Waals surface area contributed by atoms with Crippen molar-refractivity contribution in [3.05, 3.63) is 63.4 Å². The minimum Gasteiger partial charge on any atom is -0.497 e. The van der Waals surface area contributed by atoms with Crippen LogP contribution in [0.2, 0.25) is 5.02 Å². The molecular weight excluding hydrogens is 400 g/mol. The molecule has 0 bridgehead atoms. The standard InChI is InChI=1S/C20H17ClN2O4S/c1-12-16(13-3-6-15(26-2)7-4-13)9-17(28-12)20(25)27-11-19(24)23-18-8-5-14(21)10-22-18/h3-10H,11H2,1-2H3,(H,22,23,24). The monoisotopic (exact) mass is 416 g/mol. The molecule has 1 amide bonds. The predicted octanol–water partition coefficient (Wildman–Crippen LogP) is 4.58. The number of anilines is 1. The molecule has 1 aromatic carbocycles. The second-order valence-electron chi connectivity index (χ2n) is 5.79. The van der Waals surface area contributed by atoms with Crippen molar-refractivity contribution >= 4 is 40.6 Å². The lowest BCUT2D eigenvalue weighted by Gasteiger charge is -2.05. The molecule has 0 aliphatic rings. The highest BCUT2D eigenvalue weighted by Crippen LogP contribution is 2.32. The number of amides is 1. The Hall–Kier alpha value is -2.90. The Morgan fingerprint density at radius 1 is 1.18 bits per heavy atom. The summed E-state index contributed by atoms with van der Waals surface area (Å²) >= 11 is 7.06. The highest BCUT2D eigenvalue weighted by molar-refractivity contribution is 7.14. The number of halogens is 1. The minimum atomic E-state index is -0.549. The average molecular weight is 417 g/mol. The number of hydrogen-bond acceptors (Lipinski definition) is 6. The van der Waals surface area contributed by atoms with Gasteiger partial charge in [-0.2, -0.15) is 0 Å². The fraction of sp³-hybridized carbons (Fsp3) is 0.150. The van der Waals surface area contributed by atoms with Crippen molar-refractivity contribution in [3.8, 4) is 16.9 Å². The van der Waals surface area contributed by atoms with Crippen molar-refractivity contribution in [2.45, 2.75) is 6.92 Å². The Labute approximate surface area is 171 Å². The van der Waals surface area contributed by atoms with Gasteiger partial charge in [0.05, 0.1) is 12.1 Å². The highest BCUT2D eigenvalue weighted by atomic mass is 35.5. The largest absolute Gasteiger partial charge is 0.497 e. The van der Waals surface area contributed by atoms with Gasteiger partial charge < -0.3 is 14.8 Å². The Bertz CT molecular complexity index is 984. The second kappa shape index (κ2) is 8.86. The lowest BCUT2D eigenvalue weighted by molar-refractivity contribution is -0.119. The molecule has 8 heteroatoms. The maximum atomic E-state index is 12.3. The number of nitrogens with zero attached hydrogens (tertiary/aromatic N) is 1. The zero-order chi connectivity index (χ0) is 20.1. The number of hydrogen-bond donors (Lipinski definition) is 1. The SMILES string of the molecule is COc1ccc(-c2cc(C(=O)OCC(=O)Nc3ccc(Cl)cn3)sc2C)cc1. The van der Waals surface area contributed by atoms with Gasteiger partial charge in [-0.15, -0.1) is 11.3 Å². The molecule has 0 radical (unpaired) electrons. The number of aromatic nitrogens is 1. The van der Waals surface area contributed by atoms with Crippen molar-refractivity contribution < 1.29 is 19.1 Å². The third kappa shape index (κ3) is 4.88. The Morgan fingerprint density at radius 2 is 1.93 bits per heavy atom. The summed E-state index contributed by atoms with van der Waals surface area (Å²) in [6.45, 7) is 1.53. The molecule has 0 spiro atoms. The minimum absolute atomic E-state index is 0.333. The van der Waals surface area contributed by atoms with Gasteiger partial charge in [-0.3, -0.25) is 4.79 Å². The molecule has 0 saturated heterocycles. The molecule has 3 rings (SSSR count). The van der Waals surface area contributed by atoms with E-state index in [1.54, 1.807) is 25.3 Å². The summed E-state index contributed by atoms with van der Waals surface area (Å²) in [6.07, 6.45) is 1.41. The number of aryl methyl sites for hydroxylation is 1. The quantitative estimate of drug-likeness (QED) is 0.595. The first-order valence-electron chi connectivity index (χ1n) is 8.29. The van der Waals surface area contributed by atoms with E-state index in [-0.39, 0.29) is 0 Å². The molecular formula is C20H17ClN2O4S. The maximum absolute atomic E-state index is 12.3. The van der Waals surface area contributed by atoms with Crippen LogP contribution in [-0.2, 0) is 9.53 Å². The number of methoxy groups -OCH3 is 1. The van der Waals surface area contributed by atoms with Gasteiger partial charge in [0.2, 0.25) is 0 Å². The smallest absolute Gasteiger partial charge is 0.348 e. The van der Waals surface area contributed by atoms with E-state index in [1.807, 2.05) is 31.2 Å². The summed E-state index contributed by atoms with van der Waals surface area (Å²) in [4.78, 5) is 29.6. The molecule has 28 heavy (non-hydrogen) atoms. The summed E-state index contributed by atoms with van der Waals surface area (Å²) in [5.41, 5.74) is 1.91. The van der Waals surface area contributed by atoms with Crippen LogP contribution in [0.4, 0.5) is 5.82 Å². The molecule has 144 valence electrons. The van der Waals surface area contributed by atoms with Gasteiger partial charge in [0.15, 0.2) is 6.61 Å². The van der Waals surface area contributed by atoms with E-state index in [1.165, 1.54) is 17.5 Å². The van der Waals surface area contributed by atoms with Crippen molar-refractivity contribution in [1.82, 2.24) is 4.98 Å². The fourth-order valence-electron chi connectivity index (χ4n) is 2.47. The number of pyridine rings is 1. The molecule has 0 atom stereocenters. The van der Waals surface area contributed by atoms with Crippen LogP contribution >= 0.6 is 22.9 Å². The normalized spacial score (nSPS) is 10.4. The van der Waals surface area contributed by atoms with E-state index in [9.17, 15) is 9.59 Å². The van der Waals surface area contributed by atoms with E-state index >= 15 is 0 Å². The number of thiophene rings is 1. The average Bonchev–Trinajstić information content (AvgIpc) is 3.10. The molecule has 0 aliphatic carbocycles. The molecule has 0 unspecified atom stereocenters. The molecule has 2 heterocycles. The van der Waals surface area contributed by atoms with E-state index in [2.05, 4.69) is 10.3 Å². The van der Waals surface area contributed by atoms with Crippen LogP contribution in [0.3, 0.4) is 0 Å². The number of ether oxygens (including phenoxy) is 2. The second-order valence-corrected chi connectivity index (χ2v) is 7.49. The van der Waals surface area contributed by atoms with E-state index in [4.69, 9.17) is 21.1 Å². The van der Waals surface area contributed by atoms with Gasteiger partial charge in [-0.05, 0) is 48.4 Å². The first-order chi connectivity index (χ1) is 13.5. The molecule has 0 fully saturated rings. The van der Waals surface area contributed by atoms with Crippen molar-refractivity contribution in [1.29, 1.82) is 0 Å². The van der Waals surface area contributed by atoms with Gasteiger partial charge in [0.25, 0.3) is 5.91 Å². The summed E-state index contributed by atoms with van der Waals surface area (Å²) in [6, 6.07) is 12.5. The molecule has 2 aromatic heterocycles. The highest BCUT2D eigenvalue weighted by Gasteiger charge is 2.16. The third-order valence-corrected chi connectivity index (χ3v) is 5.10. The van der Waals surface area contributed by atoms with Crippen LogP contribution < -0.4 is 10.1 Å². The summed E-state index contributed by atoms with van der Waals surface area (Å²) in [5.74, 6) is 0.0653. The van der Waals surface area contributed by atoms with Crippen molar-refractivity contribution in [3.63, 3.8) is 0 Å². The molecule has 6 nitrogen and oxygen atoms in total. The zero-order valence-corrected chi connectivity index (χ0v) is 16.8. The van der Waals surface area contributed by atoms with E-state index < -0.39 is 18.5 Å². The number of nitrogens with one attached hydrogen (secondary N) is 1. The first kappa shape index (κ1) is 19.9. The number of benzene rings is 1. The number of carbonyl (C=O) groups is 2. The topological polar surface area (TPSA) is 77.5 Å². The van der Waals surface area contributed by atoms with Crippen LogP contribution in [0.5, 0.6) is 5.75 Å². The molecule has 1 N–H and O–H groups in total. The summed E-state index contributed by atoms with van der Waals surface area (Å²) in [7, 11) is 1.61. The number of carbonyl (C=O) groups excluding carboxylic acids is 2. The fourth-order valence-corrected chi connectivity index (χ4v) is 3.52. The number of rotatable bonds is 6. The summed E-state index contributed by atoms with van der Waals surface area (Å²) in [5, 5.41) is 3.00. The predicted molar refractivity (Wildman–Crippen MR) is 109 cm³/mol. The Balaban J connectivity index is 1.61. The first-order valence-corrected chi connectivity index (χ1v) is 9.49. The third-order valence-electron chi connectivity index (χ3n) is 3.85. The molecule has 0 saturated carbocycles. The van der Waals surface area contributed by atoms with Crippen LogP contribution in [0, 0.1) is 6.92 Å². The summed E-state index contributed by atoms with van der Waals surface area (Å²) < 4.78 is 10.3. The van der Waals surface area contributed by atoms with Crippen molar-refractivity contribution in [2.75, 3.05) is 19.0 Å². The van der Waals surface area contributed by atoms with Gasteiger partial charge >= 0.3 is 5.97 Å². The maximum Gasteiger partial charge on any atom is 0.348 e. The molecule has 3 aromatic rings. The van der Waals surface area contributed by atoms with E-state index in [0.717, 1.165) is 21.8 Å². The van der Waals surface area contributed by atoms with Gasteiger partial charge in [-0.1, -0.05) is 23.7 Å². The number of esters is 1. The Morgan fingerprint density at radius 3 is 2.57 bits per heavy atom. The van der Waals surface area contributed by atoms with Gasteiger partial charge in [0, 0.05) is 11.1 Å². The Kier molecular flexibility index (Phi) is 6.28. The lowest BCUT2D eigenvalue weighted by Crippen LogP contribution is -2.21. The van der Waals surface area contributed by atoms with Crippen LogP contribution in [-0.4, -0.2) is 30.6 Å². The molecule has 0 aliphatic heterocycles. The van der Waals surface area contributed by atoms with E-state index in [0.29, 0.717) is 15.7 Å². The van der Waals surface area contributed by atoms with Gasteiger partial charge in [-0.25, -0.2) is 9.78 Å². The van der Waals surface area contributed by atoms with Gasteiger partial charge in [0.1, 0.15) is 16.4 Å². The zero-order valence-electron chi connectivity index (χ0n) is 15.2.